The largest absolute Gasteiger partial charge is 0.491 e. The number of piperidine rings is 3. The minimum Gasteiger partial charge on any atom is -0.491 e. The molecular weight excluding hydrogens is 760 g/mol. The topological polar surface area (TPSA) is 180 Å². The number of nitrogens with one attached hydrogen (secondary N) is 2. The van der Waals surface area contributed by atoms with Gasteiger partial charge in [-0.3, -0.25) is 34.1 Å². The second kappa shape index (κ2) is 14.7. The van der Waals surface area contributed by atoms with Gasteiger partial charge in [0.05, 0.1) is 30.0 Å². The van der Waals surface area contributed by atoms with Gasteiger partial charge in [0.15, 0.2) is 11.9 Å². The quantitative estimate of drug-likeness (QED) is 0.174. The van der Waals surface area contributed by atoms with Crippen LogP contribution in [0.25, 0.3) is 16.6 Å². The Kier molecular flexibility index (Phi) is 9.31. The summed E-state index contributed by atoms with van der Waals surface area (Å²) < 4.78 is 26.2. The molecule has 4 aliphatic heterocycles. The fourth-order valence-corrected chi connectivity index (χ4v) is 9.02. The SMILES string of the molecule is O=C1CCC(N2C(=O)c3cc(N4CCC(F)(CN5CCC(n6cc7cc(NC(=O)c8cnn9cccnc89)c(OCC8CC8)cc7n6)CC5)CC4)ccc3C2O)C(=O)N1. The summed E-state index contributed by atoms with van der Waals surface area (Å²) in [7, 11) is 0. The van der Waals surface area contributed by atoms with Crippen molar-refractivity contribution in [3.8, 4) is 5.75 Å². The lowest BCUT2D eigenvalue weighted by Gasteiger charge is -2.42. The molecule has 10 rings (SSSR count). The number of fused-ring (bicyclic) bond motifs is 3. The first-order valence-electron chi connectivity index (χ1n) is 20.5. The lowest BCUT2D eigenvalue weighted by molar-refractivity contribution is -0.139. The number of likely N-dealkylation sites (tertiary alicyclic amines) is 1. The van der Waals surface area contributed by atoms with Gasteiger partial charge in [-0.1, -0.05) is 6.07 Å². The molecule has 4 fully saturated rings. The maximum absolute atomic E-state index is 16.4. The lowest BCUT2D eigenvalue weighted by atomic mass is 9.91. The van der Waals surface area contributed by atoms with Gasteiger partial charge in [0, 0.05) is 98.8 Å². The van der Waals surface area contributed by atoms with E-state index in [1.165, 1.54) is 6.20 Å². The van der Waals surface area contributed by atoms with Gasteiger partial charge < -0.3 is 25.0 Å². The third-order valence-corrected chi connectivity index (χ3v) is 12.6. The van der Waals surface area contributed by atoms with Crippen molar-refractivity contribution in [1.29, 1.82) is 0 Å². The minimum absolute atomic E-state index is 0.0969. The highest BCUT2D eigenvalue weighted by Crippen LogP contribution is 2.40. The zero-order valence-corrected chi connectivity index (χ0v) is 32.4. The zero-order chi connectivity index (χ0) is 40.4. The molecule has 5 aromatic rings. The molecule has 16 nitrogen and oxygen atoms in total. The van der Waals surface area contributed by atoms with E-state index in [-0.39, 0.29) is 24.8 Å². The van der Waals surface area contributed by atoms with Gasteiger partial charge >= 0.3 is 0 Å². The molecule has 3 aromatic heterocycles. The first kappa shape index (κ1) is 37.3. The molecule has 1 saturated carbocycles. The standard InChI is InChI=1S/C42H45FN10O6/c43-42(10-16-50(17-11-42)28-4-5-29-30(19-28)41(58)53(40(29)57)34-6-7-36(54)47-39(34)56)24-49-14-8-27(9-15-49)52-22-26-18-33(35(20-32(26)48-52)59-23-25-2-3-25)46-38(55)31-21-45-51-13-1-12-44-37(31)51/h1,4-5,12-13,18-22,25,27,34,40,57H,2-3,6-11,14-17,23-24H2,(H,46,55)(H,47,54,56). The smallest absolute Gasteiger partial charge is 0.261 e. The van der Waals surface area contributed by atoms with E-state index in [0.29, 0.717) is 78.8 Å². The number of anilines is 2. The Labute approximate surface area is 338 Å². The van der Waals surface area contributed by atoms with Crippen LogP contribution in [0, 0.1) is 5.92 Å². The van der Waals surface area contributed by atoms with Crippen molar-refractivity contribution in [2.24, 2.45) is 5.92 Å². The van der Waals surface area contributed by atoms with Gasteiger partial charge in [-0.15, -0.1) is 0 Å². The summed E-state index contributed by atoms with van der Waals surface area (Å²) in [5.41, 5.74) is 2.32. The van der Waals surface area contributed by atoms with Crippen molar-refractivity contribution in [2.75, 3.05) is 49.5 Å². The number of rotatable bonds is 10. The highest BCUT2D eigenvalue weighted by atomic mass is 19.1. The predicted molar refractivity (Wildman–Crippen MR) is 213 cm³/mol. The molecule has 7 heterocycles. The summed E-state index contributed by atoms with van der Waals surface area (Å²) in [6.07, 6.45) is 10.4. The first-order chi connectivity index (χ1) is 28.6. The molecule has 59 heavy (non-hydrogen) atoms. The van der Waals surface area contributed by atoms with E-state index in [1.54, 1.807) is 35.1 Å². The van der Waals surface area contributed by atoms with Crippen LogP contribution in [-0.4, -0.2) is 114 Å². The van der Waals surface area contributed by atoms with E-state index in [2.05, 4.69) is 30.5 Å². The van der Waals surface area contributed by atoms with E-state index in [1.807, 2.05) is 29.1 Å². The fourth-order valence-electron chi connectivity index (χ4n) is 9.02. The third kappa shape index (κ3) is 7.15. The number of hydrogen-bond donors (Lipinski definition) is 3. The summed E-state index contributed by atoms with van der Waals surface area (Å²) in [5.74, 6) is -0.672. The molecule has 306 valence electrons. The number of amides is 4. The van der Waals surface area contributed by atoms with Crippen LogP contribution < -0.4 is 20.3 Å². The Morgan fingerprint density at radius 2 is 1.85 bits per heavy atom. The van der Waals surface area contributed by atoms with Crippen LogP contribution in [0.1, 0.15) is 89.9 Å². The van der Waals surface area contributed by atoms with Crippen molar-refractivity contribution in [3.05, 3.63) is 77.9 Å². The number of aliphatic hydroxyl groups excluding tert-OH is 1. The molecule has 0 bridgehead atoms. The van der Waals surface area contributed by atoms with Gasteiger partial charge in [0.25, 0.3) is 11.8 Å². The van der Waals surface area contributed by atoms with Crippen molar-refractivity contribution < 1.29 is 33.4 Å². The normalized spacial score (nSPS) is 22.6. The molecule has 2 aromatic carbocycles. The summed E-state index contributed by atoms with van der Waals surface area (Å²) >= 11 is 0. The maximum atomic E-state index is 16.4. The molecule has 4 amide bonds. The number of hydrogen-bond acceptors (Lipinski definition) is 11. The van der Waals surface area contributed by atoms with Gasteiger partial charge in [-0.25, -0.2) is 13.9 Å². The number of aliphatic hydroxyl groups is 1. The van der Waals surface area contributed by atoms with E-state index >= 15 is 4.39 Å². The van der Waals surface area contributed by atoms with E-state index in [9.17, 15) is 24.3 Å². The number of carbonyl (C=O) groups is 4. The Hall–Kier alpha value is -5.94. The van der Waals surface area contributed by atoms with Crippen molar-refractivity contribution >= 4 is 51.6 Å². The van der Waals surface area contributed by atoms with Crippen LogP contribution in [0.4, 0.5) is 15.8 Å². The monoisotopic (exact) mass is 804 g/mol. The molecule has 0 radical (unpaired) electrons. The molecule has 0 spiro atoms. The number of aromatic nitrogens is 5. The van der Waals surface area contributed by atoms with Crippen LogP contribution in [0.3, 0.4) is 0 Å². The second-order valence-electron chi connectivity index (χ2n) is 16.6. The highest BCUT2D eigenvalue weighted by Gasteiger charge is 2.45. The Morgan fingerprint density at radius 1 is 1.03 bits per heavy atom. The van der Waals surface area contributed by atoms with Crippen molar-refractivity contribution in [3.63, 3.8) is 0 Å². The van der Waals surface area contributed by atoms with Gasteiger partial charge in [0.2, 0.25) is 11.8 Å². The molecule has 3 saturated heterocycles. The number of benzene rings is 2. The Bertz CT molecular complexity index is 2480. The van der Waals surface area contributed by atoms with E-state index in [0.717, 1.165) is 60.3 Å². The van der Waals surface area contributed by atoms with Crippen LogP contribution in [0.15, 0.2) is 61.2 Å². The third-order valence-electron chi connectivity index (χ3n) is 12.6. The van der Waals surface area contributed by atoms with Gasteiger partial charge in [-0.2, -0.15) is 10.2 Å². The predicted octanol–water partition coefficient (Wildman–Crippen LogP) is 4.02. The van der Waals surface area contributed by atoms with Crippen LogP contribution in [-0.2, 0) is 9.59 Å². The number of alkyl halides is 1. The van der Waals surface area contributed by atoms with Crippen LogP contribution in [0.2, 0.25) is 0 Å². The average molecular weight is 805 g/mol. The molecular formula is C42H45FN10O6. The second-order valence-corrected chi connectivity index (χ2v) is 16.6. The lowest BCUT2D eigenvalue weighted by Crippen LogP contribution is -2.53. The summed E-state index contributed by atoms with van der Waals surface area (Å²) in [5, 5.41) is 26.3. The molecule has 1 aliphatic carbocycles. The summed E-state index contributed by atoms with van der Waals surface area (Å²) in [6, 6.07) is 10.0. The van der Waals surface area contributed by atoms with E-state index in [4.69, 9.17) is 9.84 Å². The number of halogens is 1. The number of imide groups is 1. The zero-order valence-electron chi connectivity index (χ0n) is 32.4. The van der Waals surface area contributed by atoms with E-state index < -0.39 is 35.7 Å². The van der Waals surface area contributed by atoms with Crippen molar-refractivity contribution in [2.45, 2.75) is 75.3 Å². The van der Waals surface area contributed by atoms with Crippen LogP contribution >= 0.6 is 0 Å². The number of nitrogens with zero attached hydrogens (tertiary/aromatic N) is 8. The first-order valence-corrected chi connectivity index (χ1v) is 20.5. The Morgan fingerprint density at radius 3 is 2.63 bits per heavy atom. The minimum atomic E-state index is -1.35. The summed E-state index contributed by atoms with van der Waals surface area (Å²) in [6.45, 7) is 3.35. The molecule has 3 N–H and O–H groups in total. The van der Waals surface area contributed by atoms with Crippen LogP contribution in [0.5, 0.6) is 5.75 Å². The highest BCUT2D eigenvalue weighted by molar-refractivity contribution is 6.09. The maximum Gasteiger partial charge on any atom is 0.261 e. The molecule has 17 heteroatoms. The van der Waals surface area contributed by atoms with Gasteiger partial charge in [-0.05, 0) is 62.3 Å². The Balaban J connectivity index is 0.760. The molecule has 2 atom stereocenters. The molecule has 2 unspecified atom stereocenters. The fraction of sp³-hybridized carbons (Fsp3) is 0.452. The number of carbonyl (C=O) groups excluding carboxylic acids is 4. The molecule has 5 aliphatic rings. The summed E-state index contributed by atoms with van der Waals surface area (Å²) in [4.78, 5) is 60.8. The average Bonchev–Trinajstić information content (AvgIpc) is 3.72. The number of ether oxygens (including phenoxy) is 1. The van der Waals surface area contributed by atoms with Gasteiger partial charge in [0.1, 0.15) is 23.0 Å². The van der Waals surface area contributed by atoms with Crippen molar-refractivity contribution in [1.82, 2.24) is 39.5 Å².